The van der Waals surface area contributed by atoms with E-state index < -0.39 is 5.60 Å². The standard InChI is InChI=1S/C14H27NO3/c1-4-5-8-12(13(16)18-3)15(2)11-14(17)9-6-7-10-14/h12,17H,4-11H2,1-3H3. The molecule has 1 unspecified atom stereocenters. The fourth-order valence-electron chi connectivity index (χ4n) is 2.82. The largest absolute Gasteiger partial charge is 0.468 e. The summed E-state index contributed by atoms with van der Waals surface area (Å²) in [6.45, 7) is 2.68. The number of unbranched alkanes of at least 4 members (excludes halogenated alkanes) is 1. The predicted octanol–water partition coefficient (Wildman–Crippen LogP) is 1.96. The number of ether oxygens (including phenoxy) is 1. The Morgan fingerprint density at radius 2 is 2.06 bits per heavy atom. The molecule has 4 nitrogen and oxygen atoms in total. The lowest BCUT2D eigenvalue weighted by molar-refractivity contribution is -0.148. The van der Waals surface area contributed by atoms with E-state index in [1.54, 1.807) is 0 Å². The first-order valence-corrected chi connectivity index (χ1v) is 7.03. The first-order chi connectivity index (χ1) is 8.52. The first-order valence-electron chi connectivity index (χ1n) is 7.03. The quantitative estimate of drug-likeness (QED) is 0.708. The molecule has 0 aromatic rings. The molecule has 0 amide bonds. The second kappa shape index (κ2) is 7.10. The van der Waals surface area contributed by atoms with Gasteiger partial charge in [-0.15, -0.1) is 0 Å². The third kappa shape index (κ3) is 4.25. The zero-order chi connectivity index (χ0) is 13.6. The fourth-order valence-corrected chi connectivity index (χ4v) is 2.82. The van der Waals surface area contributed by atoms with Gasteiger partial charge in [-0.25, -0.2) is 0 Å². The van der Waals surface area contributed by atoms with Crippen LogP contribution in [0.2, 0.25) is 0 Å². The van der Waals surface area contributed by atoms with Gasteiger partial charge >= 0.3 is 5.97 Å². The maximum absolute atomic E-state index is 11.8. The van der Waals surface area contributed by atoms with Crippen molar-refractivity contribution in [2.45, 2.75) is 63.5 Å². The molecule has 1 fully saturated rings. The first kappa shape index (κ1) is 15.4. The van der Waals surface area contributed by atoms with Gasteiger partial charge in [-0.05, 0) is 26.3 Å². The van der Waals surface area contributed by atoms with Crippen molar-refractivity contribution in [1.29, 1.82) is 0 Å². The van der Waals surface area contributed by atoms with E-state index >= 15 is 0 Å². The molecular formula is C14H27NO3. The minimum atomic E-state index is -0.604. The molecule has 0 aromatic carbocycles. The Hall–Kier alpha value is -0.610. The van der Waals surface area contributed by atoms with Crippen molar-refractivity contribution in [3.05, 3.63) is 0 Å². The summed E-state index contributed by atoms with van der Waals surface area (Å²) in [4.78, 5) is 13.8. The van der Waals surface area contributed by atoms with Gasteiger partial charge < -0.3 is 9.84 Å². The molecule has 0 radical (unpaired) electrons. The number of methoxy groups -OCH3 is 1. The molecule has 0 aromatic heterocycles. The molecule has 106 valence electrons. The number of likely N-dealkylation sites (N-methyl/N-ethyl adjacent to an activating group) is 1. The van der Waals surface area contributed by atoms with Crippen LogP contribution in [0.15, 0.2) is 0 Å². The number of carbonyl (C=O) groups is 1. The number of aliphatic hydroxyl groups is 1. The third-order valence-electron chi connectivity index (χ3n) is 3.91. The van der Waals surface area contributed by atoms with E-state index in [0.717, 1.165) is 44.9 Å². The van der Waals surface area contributed by atoms with Crippen LogP contribution in [0.5, 0.6) is 0 Å². The van der Waals surface area contributed by atoms with Gasteiger partial charge in [-0.1, -0.05) is 32.6 Å². The summed E-state index contributed by atoms with van der Waals surface area (Å²) < 4.78 is 4.87. The number of hydrogen-bond donors (Lipinski definition) is 1. The summed E-state index contributed by atoms with van der Waals surface area (Å²) in [6, 6.07) is -0.223. The van der Waals surface area contributed by atoms with Crippen LogP contribution in [0.3, 0.4) is 0 Å². The van der Waals surface area contributed by atoms with Crippen LogP contribution in [0.1, 0.15) is 51.9 Å². The molecule has 4 heteroatoms. The molecule has 0 spiro atoms. The van der Waals surface area contributed by atoms with E-state index in [4.69, 9.17) is 4.74 Å². The molecular weight excluding hydrogens is 230 g/mol. The monoisotopic (exact) mass is 257 g/mol. The summed E-state index contributed by atoms with van der Waals surface area (Å²) >= 11 is 0. The SMILES string of the molecule is CCCCC(C(=O)OC)N(C)CC1(O)CCCC1. The van der Waals surface area contributed by atoms with E-state index in [-0.39, 0.29) is 12.0 Å². The normalized spacial score (nSPS) is 20.1. The number of esters is 1. The zero-order valence-electron chi connectivity index (χ0n) is 11.9. The molecule has 18 heavy (non-hydrogen) atoms. The van der Waals surface area contributed by atoms with E-state index in [9.17, 15) is 9.90 Å². The van der Waals surface area contributed by atoms with Crippen molar-refractivity contribution in [3.63, 3.8) is 0 Å². The summed E-state index contributed by atoms with van der Waals surface area (Å²) in [5.41, 5.74) is -0.604. The van der Waals surface area contributed by atoms with Crippen LogP contribution in [0.4, 0.5) is 0 Å². The molecule has 1 aliphatic rings. The Morgan fingerprint density at radius 1 is 1.44 bits per heavy atom. The van der Waals surface area contributed by atoms with Crippen molar-refractivity contribution in [2.24, 2.45) is 0 Å². The lowest BCUT2D eigenvalue weighted by atomic mass is 10.00. The van der Waals surface area contributed by atoms with Gasteiger partial charge in [0.2, 0.25) is 0 Å². The second-order valence-electron chi connectivity index (χ2n) is 5.53. The number of carbonyl (C=O) groups excluding carboxylic acids is 1. The molecule has 1 N–H and O–H groups in total. The molecule has 0 bridgehead atoms. The van der Waals surface area contributed by atoms with Crippen LogP contribution in [-0.4, -0.2) is 48.3 Å². The van der Waals surface area contributed by atoms with Gasteiger partial charge in [0, 0.05) is 6.54 Å². The molecule has 0 heterocycles. The van der Waals surface area contributed by atoms with Gasteiger partial charge in [0.25, 0.3) is 0 Å². The van der Waals surface area contributed by atoms with E-state index in [2.05, 4.69) is 6.92 Å². The smallest absolute Gasteiger partial charge is 0.323 e. The van der Waals surface area contributed by atoms with Crippen molar-refractivity contribution < 1.29 is 14.6 Å². The van der Waals surface area contributed by atoms with Crippen molar-refractivity contribution >= 4 is 5.97 Å². The highest BCUT2D eigenvalue weighted by Crippen LogP contribution is 2.30. The average molecular weight is 257 g/mol. The van der Waals surface area contributed by atoms with E-state index in [0.29, 0.717) is 6.54 Å². The maximum atomic E-state index is 11.8. The number of nitrogens with zero attached hydrogens (tertiary/aromatic N) is 1. The maximum Gasteiger partial charge on any atom is 0.323 e. The summed E-state index contributed by atoms with van der Waals surface area (Å²) in [5, 5.41) is 10.4. The van der Waals surface area contributed by atoms with Crippen LogP contribution in [-0.2, 0) is 9.53 Å². The van der Waals surface area contributed by atoms with Gasteiger partial charge in [0.1, 0.15) is 6.04 Å². The van der Waals surface area contributed by atoms with Crippen LogP contribution in [0, 0.1) is 0 Å². The minimum absolute atomic E-state index is 0.187. The third-order valence-corrected chi connectivity index (χ3v) is 3.91. The Balaban J connectivity index is 2.57. The summed E-state index contributed by atoms with van der Waals surface area (Å²) in [6.07, 6.45) is 6.73. The highest BCUT2D eigenvalue weighted by Gasteiger charge is 2.35. The molecule has 0 saturated heterocycles. The Morgan fingerprint density at radius 3 is 2.56 bits per heavy atom. The van der Waals surface area contributed by atoms with Crippen LogP contribution >= 0.6 is 0 Å². The van der Waals surface area contributed by atoms with Crippen molar-refractivity contribution in [3.8, 4) is 0 Å². The molecule has 1 rings (SSSR count). The van der Waals surface area contributed by atoms with Gasteiger partial charge in [-0.3, -0.25) is 9.69 Å². The highest BCUT2D eigenvalue weighted by molar-refractivity contribution is 5.75. The highest BCUT2D eigenvalue weighted by atomic mass is 16.5. The van der Waals surface area contributed by atoms with Crippen molar-refractivity contribution in [1.82, 2.24) is 4.90 Å². The Labute approximate surface area is 110 Å². The topological polar surface area (TPSA) is 49.8 Å². The van der Waals surface area contributed by atoms with Gasteiger partial charge in [-0.2, -0.15) is 0 Å². The average Bonchev–Trinajstić information content (AvgIpc) is 2.75. The van der Waals surface area contributed by atoms with E-state index in [1.165, 1.54) is 7.11 Å². The Kier molecular flexibility index (Phi) is 6.09. The number of hydrogen-bond acceptors (Lipinski definition) is 4. The summed E-state index contributed by atoms with van der Waals surface area (Å²) in [5.74, 6) is -0.187. The summed E-state index contributed by atoms with van der Waals surface area (Å²) in [7, 11) is 3.34. The van der Waals surface area contributed by atoms with Gasteiger partial charge in [0.15, 0.2) is 0 Å². The lowest BCUT2D eigenvalue weighted by Gasteiger charge is -2.32. The van der Waals surface area contributed by atoms with Gasteiger partial charge in [0.05, 0.1) is 12.7 Å². The zero-order valence-corrected chi connectivity index (χ0v) is 11.9. The molecule has 1 atom stereocenters. The Bertz CT molecular complexity index is 262. The minimum Gasteiger partial charge on any atom is -0.468 e. The number of rotatable bonds is 7. The molecule has 0 aliphatic heterocycles. The second-order valence-corrected chi connectivity index (χ2v) is 5.53. The van der Waals surface area contributed by atoms with Crippen molar-refractivity contribution in [2.75, 3.05) is 20.7 Å². The fraction of sp³-hybridized carbons (Fsp3) is 0.929. The predicted molar refractivity (Wildman–Crippen MR) is 71.4 cm³/mol. The van der Waals surface area contributed by atoms with Crippen LogP contribution in [0.25, 0.3) is 0 Å². The molecule has 1 aliphatic carbocycles. The van der Waals surface area contributed by atoms with Crippen LogP contribution < -0.4 is 0 Å². The van der Waals surface area contributed by atoms with E-state index in [1.807, 2.05) is 11.9 Å². The lowest BCUT2D eigenvalue weighted by Crippen LogP contribution is -2.47. The molecule has 1 saturated carbocycles.